The van der Waals surface area contributed by atoms with Gasteiger partial charge in [-0.05, 0) is 96.4 Å². The lowest BCUT2D eigenvalue weighted by atomic mass is 9.85. The standard InChI is InChI=1S/C44H28O/c1-3-12-29(13-4-1)31-16-11-17-33(26-31)43-36-18-7-9-20-38(36)44(39-21-10-8-19-37(39)43)34-22-24-35-40-27-32(30-14-5-2-6-15-30)23-25-41(40)45-42(35)28-34/h1-28H/i1D,2D,3D,4D,5D,6D,11D,12D,13D,14D,15D,16D,17D,26D. The molecule has 0 N–H and O–H groups in total. The van der Waals surface area contributed by atoms with Gasteiger partial charge < -0.3 is 4.42 Å². The molecule has 0 fully saturated rings. The largest absolute Gasteiger partial charge is 0.456 e. The number of benzene rings is 8. The first-order valence-corrected chi connectivity index (χ1v) is 14.3. The molecule has 1 heteroatoms. The summed E-state index contributed by atoms with van der Waals surface area (Å²) in [5.41, 5.74) is 2.84. The van der Waals surface area contributed by atoms with Crippen molar-refractivity contribution in [2.75, 3.05) is 0 Å². The summed E-state index contributed by atoms with van der Waals surface area (Å²) < 4.78 is 126. The predicted molar refractivity (Wildman–Crippen MR) is 190 cm³/mol. The van der Waals surface area contributed by atoms with Crippen LogP contribution in [0, 0.1) is 0 Å². The zero-order chi connectivity index (χ0) is 41.9. The van der Waals surface area contributed by atoms with Crippen LogP contribution in [0.15, 0.2) is 174 Å². The molecule has 0 atom stereocenters. The molecule has 0 saturated carbocycles. The monoisotopic (exact) mass is 586 g/mol. The highest BCUT2D eigenvalue weighted by Gasteiger charge is 2.18. The quantitative estimate of drug-likeness (QED) is 0.187. The van der Waals surface area contributed by atoms with Gasteiger partial charge in [0.15, 0.2) is 0 Å². The Hall–Kier alpha value is -5.92. The summed E-state index contributed by atoms with van der Waals surface area (Å²) in [5.74, 6) is 0. The third-order valence-corrected chi connectivity index (χ3v) is 8.11. The molecule has 210 valence electrons. The highest BCUT2D eigenvalue weighted by Crippen LogP contribution is 2.45. The highest BCUT2D eigenvalue weighted by atomic mass is 16.3. The van der Waals surface area contributed by atoms with Crippen molar-refractivity contribution in [2.24, 2.45) is 0 Å². The fraction of sp³-hybridized carbons (Fsp3) is 0. The second kappa shape index (κ2) is 10.4. The molecule has 9 rings (SSSR count). The van der Waals surface area contributed by atoms with Gasteiger partial charge in [0.25, 0.3) is 0 Å². The minimum absolute atomic E-state index is 0.0191. The smallest absolute Gasteiger partial charge is 0.136 e. The van der Waals surface area contributed by atoms with Gasteiger partial charge >= 0.3 is 0 Å². The van der Waals surface area contributed by atoms with Crippen LogP contribution in [-0.2, 0) is 0 Å². The minimum Gasteiger partial charge on any atom is -0.456 e. The number of hydrogen-bond donors (Lipinski definition) is 0. The normalized spacial score (nSPS) is 15.9. The lowest BCUT2D eigenvalue weighted by molar-refractivity contribution is 0.669. The molecule has 9 aromatic rings. The number of furan rings is 1. The third-order valence-electron chi connectivity index (χ3n) is 8.11. The molecule has 1 aromatic heterocycles. The summed E-state index contributed by atoms with van der Waals surface area (Å²) in [6, 6.07) is 18.6. The molecule has 0 aliphatic rings. The van der Waals surface area contributed by atoms with Gasteiger partial charge in [0.1, 0.15) is 11.2 Å². The highest BCUT2D eigenvalue weighted by molar-refractivity contribution is 6.22. The molecular formula is C44H28O. The zero-order valence-electron chi connectivity index (χ0n) is 37.5. The van der Waals surface area contributed by atoms with Crippen LogP contribution in [0.3, 0.4) is 0 Å². The van der Waals surface area contributed by atoms with Crippen molar-refractivity contribution in [1.29, 1.82) is 0 Å². The van der Waals surface area contributed by atoms with E-state index in [1.165, 1.54) is 0 Å². The third kappa shape index (κ3) is 4.24. The Kier molecular flexibility index (Phi) is 3.50. The summed E-state index contributed by atoms with van der Waals surface area (Å²) >= 11 is 0. The molecule has 1 nitrogen and oxygen atoms in total. The van der Waals surface area contributed by atoms with Crippen LogP contribution in [0.4, 0.5) is 0 Å². The van der Waals surface area contributed by atoms with Crippen molar-refractivity contribution in [3.05, 3.63) is 170 Å². The van der Waals surface area contributed by atoms with E-state index in [4.69, 9.17) is 22.2 Å². The molecule has 0 unspecified atom stereocenters. The van der Waals surface area contributed by atoms with Crippen LogP contribution in [0.1, 0.15) is 19.2 Å². The van der Waals surface area contributed by atoms with Crippen LogP contribution >= 0.6 is 0 Å². The Morgan fingerprint density at radius 2 is 0.889 bits per heavy atom. The fourth-order valence-corrected chi connectivity index (χ4v) is 6.16. The van der Waals surface area contributed by atoms with E-state index < -0.39 is 72.5 Å². The van der Waals surface area contributed by atoms with Crippen LogP contribution < -0.4 is 0 Å². The first-order valence-electron chi connectivity index (χ1n) is 21.3. The van der Waals surface area contributed by atoms with Crippen LogP contribution in [-0.4, -0.2) is 0 Å². The minimum atomic E-state index is -0.640. The van der Waals surface area contributed by atoms with Gasteiger partial charge in [-0.25, -0.2) is 0 Å². The SMILES string of the molecule is [2H]c1c([2H])c([2H])c(-c2ccc3oc4cc(-c5c6ccccc6c(-c6c([2H])c([2H])c([2H])c(-c7c([2H])c([2H])c([2H])c([2H])c7[2H])c6[2H])c6ccccc56)ccc4c3c2)c([2H])c1[2H]. The Labute approximate surface area is 281 Å². The summed E-state index contributed by atoms with van der Waals surface area (Å²) in [6.07, 6.45) is 0. The van der Waals surface area contributed by atoms with Crippen LogP contribution in [0.25, 0.3) is 88.0 Å². The van der Waals surface area contributed by atoms with E-state index in [2.05, 4.69) is 0 Å². The Morgan fingerprint density at radius 1 is 0.356 bits per heavy atom. The molecule has 0 aliphatic carbocycles. The van der Waals surface area contributed by atoms with Crippen molar-refractivity contribution in [1.82, 2.24) is 0 Å². The topological polar surface area (TPSA) is 13.1 Å². The average Bonchev–Trinajstić information content (AvgIpc) is 3.61. The van der Waals surface area contributed by atoms with E-state index in [-0.39, 0.29) is 34.3 Å². The summed E-state index contributed by atoms with van der Waals surface area (Å²) in [5, 5.41) is 4.10. The first-order chi connectivity index (χ1) is 28.1. The van der Waals surface area contributed by atoms with E-state index in [1.807, 2.05) is 66.7 Å². The maximum Gasteiger partial charge on any atom is 0.136 e. The van der Waals surface area contributed by atoms with Crippen molar-refractivity contribution >= 4 is 43.5 Å². The molecule has 0 bridgehead atoms. The predicted octanol–water partition coefficient (Wildman–Crippen LogP) is 12.6. The summed E-state index contributed by atoms with van der Waals surface area (Å²) in [4.78, 5) is 0. The molecule has 1 heterocycles. The van der Waals surface area contributed by atoms with E-state index >= 15 is 0 Å². The Bertz CT molecular complexity index is 3220. The second-order valence-corrected chi connectivity index (χ2v) is 10.6. The van der Waals surface area contributed by atoms with Gasteiger partial charge in [-0.1, -0.05) is 139 Å². The molecule has 0 radical (unpaired) electrons. The molecule has 0 spiro atoms. The van der Waals surface area contributed by atoms with Gasteiger partial charge in [0, 0.05) is 10.8 Å². The molecule has 45 heavy (non-hydrogen) atoms. The second-order valence-electron chi connectivity index (χ2n) is 10.6. The zero-order valence-corrected chi connectivity index (χ0v) is 23.5. The van der Waals surface area contributed by atoms with E-state index in [0.717, 1.165) is 27.3 Å². The Morgan fingerprint density at radius 3 is 1.53 bits per heavy atom. The molecule has 8 aromatic carbocycles. The maximum atomic E-state index is 9.50. The first kappa shape index (κ1) is 15.2. The molecular weight excluding hydrogens is 544 g/mol. The van der Waals surface area contributed by atoms with E-state index in [1.54, 1.807) is 18.2 Å². The molecule has 0 saturated heterocycles. The van der Waals surface area contributed by atoms with Gasteiger partial charge in [-0.3, -0.25) is 0 Å². The number of hydrogen-bond acceptors (Lipinski definition) is 1. The van der Waals surface area contributed by atoms with Crippen molar-refractivity contribution in [2.45, 2.75) is 0 Å². The van der Waals surface area contributed by atoms with Crippen molar-refractivity contribution in [3.63, 3.8) is 0 Å². The Balaban J connectivity index is 1.29. The molecule has 0 amide bonds. The van der Waals surface area contributed by atoms with Gasteiger partial charge in [-0.15, -0.1) is 0 Å². The number of fused-ring (bicyclic) bond motifs is 5. The van der Waals surface area contributed by atoms with Crippen molar-refractivity contribution < 1.29 is 23.6 Å². The lowest BCUT2D eigenvalue weighted by Crippen LogP contribution is -1.91. The van der Waals surface area contributed by atoms with Crippen LogP contribution in [0.5, 0.6) is 0 Å². The number of rotatable bonds is 4. The van der Waals surface area contributed by atoms with Gasteiger partial charge in [0.05, 0.1) is 19.2 Å². The lowest BCUT2D eigenvalue weighted by Gasteiger charge is -2.18. The van der Waals surface area contributed by atoms with E-state index in [9.17, 15) is 1.37 Å². The average molecular weight is 587 g/mol. The van der Waals surface area contributed by atoms with Gasteiger partial charge in [-0.2, -0.15) is 0 Å². The van der Waals surface area contributed by atoms with E-state index in [0.29, 0.717) is 38.5 Å². The summed E-state index contributed by atoms with van der Waals surface area (Å²) in [7, 11) is 0. The van der Waals surface area contributed by atoms with Crippen molar-refractivity contribution in [3.8, 4) is 44.5 Å². The maximum absolute atomic E-state index is 9.50. The molecule has 0 aliphatic heterocycles. The fourth-order valence-electron chi connectivity index (χ4n) is 6.16. The van der Waals surface area contributed by atoms with Crippen LogP contribution in [0.2, 0.25) is 0 Å². The summed E-state index contributed by atoms with van der Waals surface area (Å²) in [6.45, 7) is 0. The van der Waals surface area contributed by atoms with Gasteiger partial charge in [0.2, 0.25) is 0 Å².